The average Bonchev–Trinajstić information content (AvgIpc) is 2.85. The van der Waals surface area contributed by atoms with Crippen LogP contribution in [0.2, 0.25) is 0 Å². The van der Waals surface area contributed by atoms with E-state index in [9.17, 15) is 0 Å². The van der Waals surface area contributed by atoms with Crippen LogP contribution < -0.4 is 14.9 Å². The summed E-state index contributed by atoms with van der Waals surface area (Å²) >= 11 is 3.48. The Morgan fingerprint density at radius 2 is 1.50 bits per heavy atom. The number of rotatable bonds is 7. The zero-order valence-electron chi connectivity index (χ0n) is 17.6. The number of hydrogen-bond donors (Lipinski definition) is 1. The number of hydrazone groups is 1. The zero-order chi connectivity index (χ0) is 22.3. The molecule has 0 radical (unpaired) electrons. The molecule has 0 aliphatic rings. The van der Waals surface area contributed by atoms with Gasteiger partial charge >= 0.3 is 0 Å². The van der Waals surface area contributed by atoms with Crippen LogP contribution in [0.15, 0.2) is 88.4 Å². The third-order valence-corrected chi connectivity index (χ3v) is 5.27. The van der Waals surface area contributed by atoms with Gasteiger partial charge in [0.2, 0.25) is 5.95 Å². The maximum Gasteiger partial charge on any atom is 0.244 e. The Labute approximate surface area is 195 Å². The summed E-state index contributed by atoms with van der Waals surface area (Å²) in [5.41, 5.74) is 7.34. The molecule has 0 aliphatic heterocycles. The summed E-state index contributed by atoms with van der Waals surface area (Å²) in [6.45, 7) is 0. The molecular formula is C25H21BrN4O2. The maximum absolute atomic E-state index is 5.42. The van der Waals surface area contributed by atoms with Crippen molar-refractivity contribution in [3.63, 3.8) is 0 Å². The highest BCUT2D eigenvalue weighted by molar-refractivity contribution is 9.10. The predicted molar refractivity (Wildman–Crippen MR) is 131 cm³/mol. The summed E-state index contributed by atoms with van der Waals surface area (Å²) in [4.78, 5) is 9.31. The molecule has 0 atom stereocenters. The molecule has 0 saturated heterocycles. The Morgan fingerprint density at radius 3 is 2.16 bits per heavy atom. The Balaban J connectivity index is 1.66. The monoisotopic (exact) mass is 488 g/mol. The van der Waals surface area contributed by atoms with Gasteiger partial charge in [0, 0.05) is 27.2 Å². The minimum absolute atomic E-state index is 0.396. The molecule has 160 valence electrons. The van der Waals surface area contributed by atoms with Crippen LogP contribution in [-0.4, -0.2) is 30.4 Å². The number of nitrogens with one attached hydrogen (secondary N) is 1. The average molecular weight is 489 g/mol. The van der Waals surface area contributed by atoms with Gasteiger partial charge in [-0.1, -0.05) is 58.4 Å². The van der Waals surface area contributed by atoms with E-state index in [0.29, 0.717) is 17.4 Å². The van der Waals surface area contributed by atoms with Gasteiger partial charge in [-0.15, -0.1) is 0 Å². The van der Waals surface area contributed by atoms with Crippen LogP contribution in [0.1, 0.15) is 5.56 Å². The molecule has 4 aromatic rings. The van der Waals surface area contributed by atoms with Crippen molar-refractivity contribution in [1.29, 1.82) is 0 Å². The SMILES string of the molecule is COc1ccc(/C=N/Nc2nc(-c3ccccc3)cc(-c3ccc(Br)cc3)n2)c(OC)c1. The van der Waals surface area contributed by atoms with Crippen molar-refractivity contribution in [3.05, 3.63) is 88.9 Å². The van der Waals surface area contributed by atoms with Gasteiger partial charge in [0.15, 0.2) is 0 Å². The molecule has 0 fully saturated rings. The molecule has 6 nitrogen and oxygen atoms in total. The van der Waals surface area contributed by atoms with Gasteiger partial charge in [0.05, 0.1) is 31.8 Å². The minimum atomic E-state index is 0.396. The quantitative estimate of drug-likeness (QED) is 0.253. The molecular weight excluding hydrogens is 468 g/mol. The van der Waals surface area contributed by atoms with Crippen molar-refractivity contribution >= 4 is 28.1 Å². The van der Waals surface area contributed by atoms with Crippen LogP contribution in [0.5, 0.6) is 11.5 Å². The number of hydrogen-bond acceptors (Lipinski definition) is 6. The second-order valence-corrected chi connectivity index (χ2v) is 7.73. The third-order valence-electron chi connectivity index (χ3n) is 4.74. The van der Waals surface area contributed by atoms with Crippen LogP contribution in [0.3, 0.4) is 0 Å². The third kappa shape index (κ3) is 5.12. The number of methoxy groups -OCH3 is 2. The molecule has 0 bridgehead atoms. The number of nitrogens with zero attached hydrogens (tertiary/aromatic N) is 3. The van der Waals surface area contributed by atoms with Gasteiger partial charge in [0.1, 0.15) is 11.5 Å². The van der Waals surface area contributed by atoms with Crippen LogP contribution >= 0.6 is 15.9 Å². The molecule has 7 heteroatoms. The number of anilines is 1. The smallest absolute Gasteiger partial charge is 0.244 e. The van der Waals surface area contributed by atoms with Gasteiger partial charge in [0.25, 0.3) is 0 Å². The van der Waals surface area contributed by atoms with Crippen LogP contribution in [0.25, 0.3) is 22.5 Å². The van der Waals surface area contributed by atoms with Crippen LogP contribution in [-0.2, 0) is 0 Å². The van der Waals surface area contributed by atoms with E-state index in [1.807, 2.05) is 72.8 Å². The molecule has 0 spiro atoms. The number of ether oxygens (including phenoxy) is 2. The lowest BCUT2D eigenvalue weighted by Gasteiger charge is -2.09. The van der Waals surface area contributed by atoms with E-state index in [-0.39, 0.29) is 0 Å². The van der Waals surface area contributed by atoms with E-state index in [1.165, 1.54) is 0 Å². The van der Waals surface area contributed by atoms with E-state index in [0.717, 1.165) is 32.6 Å². The van der Waals surface area contributed by atoms with Gasteiger partial charge in [-0.3, -0.25) is 0 Å². The van der Waals surface area contributed by atoms with Crippen molar-refractivity contribution in [3.8, 4) is 34.0 Å². The topological polar surface area (TPSA) is 68.6 Å². The zero-order valence-corrected chi connectivity index (χ0v) is 19.2. The summed E-state index contributed by atoms with van der Waals surface area (Å²) in [6, 6.07) is 25.5. The second kappa shape index (κ2) is 10.1. The standard InChI is InChI=1S/C25H21BrN4O2/c1-31-21-13-10-19(24(14-21)32-2)16-27-30-25-28-22(17-6-4-3-5-7-17)15-23(29-25)18-8-11-20(26)12-9-18/h3-16H,1-2H3,(H,28,29,30)/b27-16+. The van der Waals surface area contributed by atoms with E-state index in [4.69, 9.17) is 9.47 Å². The summed E-state index contributed by atoms with van der Waals surface area (Å²) in [7, 11) is 3.22. The van der Waals surface area contributed by atoms with E-state index >= 15 is 0 Å². The van der Waals surface area contributed by atoms with Crippen molar-refractivity contribution < 1.29 is 9.47 Å². The Morgan fingerprint density at radius 1 is 0.812 bits per heavy atom. The Bertz CT molecular complexity index is 1230. The van der Waals surface area contributed by atoms with E-state index in [1.54, 1.807) is 26.5 Å². The fourth-order valence-electron chi connectivity index (χ4n) is 3.11. The highest BCUT2D eigenvalue weighted by Gasteiger charge is 2.09. The largest absolute Gasteiger partial charge is 0.497 e. The lowest BCUT2D eigenvalue weighted by atomic mass is 10.1. The molecule has 0 amide bonds. The van der Waals surface area contributed by atoms with Crippen molar-refractivity contribution in [2.75, 3.05) is 19.6 Å². The summed E-state index contributed by atoms with van der Waals surface area (Å²) in [5, 5.41) is 4.33. The summed E-state index contributed by atoms with van der Waals surface area (Å²) in [6.07, 6.45) is 1.66. The van der Waals surface area contributed by atoms with Gasteiger partial charge in [-0.2, -0.15) is 5.10 Å². The van der Waals surface area contributed by atoms with Crippen molar-refractivity contribution in [1.82, 2.24) is 9.97 Å². The van der Waals surface area contributed by atoms with Crippen molar-refractivity contribution in [2.45, 2.75) is 0 Å². The second-order valence-electron chi connectivity index (χ2n) is 6.81. The first kappa shape index (κ1) is 21.5. The number of halogens is 1. The Hall–Kier alpha value is -3.71. The van der Waals surface area contributed by atoms with Crippen molar-refractivity contribution in [2.24, 2.45) is 5.10 Å². The molecule has 1 N–H and O–H groups in total. The summed E-state index contributed by atoms with van der Waals surface area (Å²) in [5.74, 6) is 1.77. The summed E-state index contributed by atoms with van der Waals surface area (Å²) < 4.78 is 11.7. The number of benzene rings is 3. The molecule has 0 saturated carbocycles. The van der Waals surface area contributed by atoms with E-state index < -0.39 is 0 Å². The molecule has 0 unspecified atom stereocenters. The lowest BCUT2D eigenvalue weighted by molar-refractivity contribution is 0.394. The van der Waals surface area contributed by atoms with Crippen LogP contribution in [0.4, 0.5) is 5.95 Å². The predicted octanol–water partition coefficient (Wildman–Crippen LogP) is 6.04. The fourth-order valence-corrected chi connectivity index (χ4v) is 3.37. The highest BCUT2D eigenvalue weighted by Crippen LogP contribution is 2.27. The highest BCUT2D eigenvalue weighted by atomic mass is 79.9. The first-order valence-electron chi connectivity index (χ1n) is 9.88. The maximum atomic E-state index is 5.42. The lowest BCUT2D eigenvalue weighted by Crippen LogP contribution is -2.01. The molecule has 1 aromatic heterocycles. The number of aromatic nitrogens is 2. The molecule has 0 aliphatic carbocycles. The molecule has 4 rings (SSSR count). The minimum Gasteiger partial charge on any atom is -0.497 e. The normalized spacial score (nSPS) is 10.8. The fraction of sp³-hybridized carbons (Fsp3) is 0.0800. The van der Waals surface area contributed by atoms with Gasteiger partial charge in [-0.05, 0) is 30.3 Å². The Kier molecular flexibility index (Phi) is 6.77. The molecule has 32 heavy (non-hydrogen) atoms. The molecule has 3 aromatic carbocycles. The molecule has 1 heterocycles. The van der Waals surface area contributed by atoms with Gasteiger partial charge < -0.3 is 9.47 Å². The van der Waals surface area contributed by atoms with E-state index in [2.05, 4.69) is 36.4 Å². The van der Waals surface area contributed by atoms with Gasteiger partial charge in [-0.25, -0.2) is 15.4 Å². The van der Waals surface area contributed by atoms with Crippen LogP contribution in [0, 0.1) is 0 Å². The first-order chi connectivity index (χ1) is 15.7. The first-order valence-corrected chi connectivity index (χ1v) is 10.7.